The van der Waals surface area contributed by atoms with Crippen molar-refractivity contribution in [2.24, 2.45) is 5.92 Å². The van der Waals surface area contributed by atoms with E-state index in [0.29, 0.717) is 17.3 Å². The summed E-state index contributed by atoms with van der Waals surface area (Å²) in [6.07, 6.45) is 1.94. The minimum Gasteiger partial charge on any atom is -0.396 e. The third-order valence-corrected chi connectivity index (χ3v) is 3.75. The topological polar surface area (TPSA) is 105 Å². The van der Waals surface area contributed by atoms with Crippen molar-refractivity contribution in [2.75, 3.05) is 6.61 Å². The number of fused-ring (bicyclic) bond motifs is 1. The predicted molar refractivity (Wildman–Crippen MR) is 86.2 cm³/mol. The van der Waals surface area contributed by atoms with Gasteiger partial charge in [0.2, 0.25) is 0 Å². The molecule has 0 saturated heterocycles. The van der Waals surface area contributed by atoms with Gasteiger partial charge >= 0.3 is 0 Å². The maximum absolute atomic E-state index is 12.5. The van der Waals surface area contributed by atoms with E-state index in [0.717, 1.165) is 0 Å². The van der Waals surface area contributed by atoms with Crippen molar-refractivity contribution in [2.45, 2.75) is 26.3 Å². The van der Waals surface area contributed by atoms with Gasteiger partial charge in [-0.2, -0.15) is 0 Å². The number of carbonyl (C=O) groups excluding carboxylic acids is 1. The predicted octanol–water partition coefficient (Wildman–Crippen LogP) is 2.28. The molecule has 2 rings (SSSR count). The number of nitrogens with one attached hydrogen (secondary N) is 1. The monoisotopic (exact) mass is 317 g/mol. The number of benzene rings is 1. The molecule has 0 fully saturated rings. The summed E-state index contributed by atoms with van der Waals surface area (Å²) in [7, 11) is 0. The summed E-state index contributed by atoms with van der Waals surface area (Å²) in [5.41, 5.74) is 0.501. The van der Waals surface area contributed by atoms with E-state index in [9.17, 15) is 14.9 Å². The number of nitrogens with zero attached hydrogens (tertiary/aromatic N) is 2. The summed E-state index contributed by atoms with van der Waals surface area (Å²) in [6, 6.07) is 5.72. The third-order valence-electron chi connectivity index (χ3n) is 3.75. The van der Waals surface area contributed by atoms with Gasteiger partial charge in [0.05, 0.1) is 21.4 Å². The van der Waals surface area contributed by atoms with Gasteiger partial charge in [-0.05, 0) is 30.5 Å². The van der Waals surface area contributed by atoms with E-state index >= 15 is 0 Å². The van der Waals surface area contributed by atoms with E-state index in [-0.39, 0.29) is 35.7 Å². The average Bonchev–Trinajstić information content (AvgIpc) is 2.52. The summed E-state index contributed by atoms with van der Waals surface area (Å²) in [5.74, 6) is -0.195. The van der Waals surface area contributed by atoms with Crippen LogP contribution < -0.4 is 5.32 Å². The number of non-ortho nitro benzene ring substituents is 1. The Morgan fingerprint density at radius 3 is 2.74 bits per heavy atom. The molecular weight excluding hydrogens is 298 g/mol. The second kappa shape index (κ2) is 7.15. The van der Waals surface area contributed by atoms with Gasteiger partial charge in [0.25, 0.3) is 11.6 Å². The van der Waals surface area contributed by atoms with E-state index < -0.39 is 4.92 Å². The Bertz CT molecular complexity index is 730. The minimum atomic E-state index is -0.492. The maximum atomic E-state index is 12.5. The van der Waals surface area contributed by atoms with Gasteiger partial charge in [-0.15, -0.1) is 0 Å². The van der Waals surface area contributed by atoms with Crippen molar-refractivity contribution in [3.63, 3.8) is 0 Å². The molecule has 0 saturated carbocycles. The zero-order valence-corrected chi connectivity index (χ0v) is 13.0. The van der Waals surface area contributed by atoms with Gasteiger partial charge in [-0.25, -0.2) is 0 Å². The van der Waals surface area contributed by atoms with Crippen molar-refractivity contribution in [1.82, 2.24) is 10.3 Å². The molecular formula is C16H19N3O4. The molecule has 0 aliphatic carbocycles. The Hall–Kier alpha value is -2.54. The van der Waals surface area contributed by atoms with Crippen molar-refractivity contribution >= 4 is 22.5 Å². The Morgan fingerprint density at radius 1 is 1.39 bits per heavy atom. The fourth-order valence-corrected chi connectivity index (χ4v) is 2.46. The summed E-state index contributed by atoms with van der Waals surface area (Å²) in [4.78, 5) is 27.3. The lowest BCUT2D eigenvalue weighted by molar-refractivity contribution is -0.383. The number of pyridine rings is 1. The summed E-state index contributed by atoms with van der Waals surface area (Å²) in [6.45, 7) is 3.88. The van der Waals surface area contributed by atoms with Crippen LogP contribution in [0.3, 0.4) is 0 Å². The van der Waals surface area contributed by atoms with Crippen LogP contribution >= 0.6 is 0 Å². The summed E-state index contributed by atoms with van der Waals surface area (Å²) >= 11 is 0. The van der Waals surface area contributed by atoms with Gasteiger partial charge in [-0.1, -0.05) is 13.8 Å². The highest BCUT2D eigenvalue weighted by Gasteiger charge is 2.21. The number of amides is 1. The molecule has 1 heterocycles. The van der Waals surface area contributed by atoms with Crippen LogP contribution in [-0.4, -0.2) is 33.6 Å². The number of nitro benzene ring substituents is 1. The molecule has 1 unspecified atom stereocenters. The Balaban J connectivity index is 2.42. The number of aromatic nitrogens is 1. The number of aliphatic hydroxyl groups is 1. The maximum Gasteiger partial charge on any atom is 0.278 e. The quantitative estimate of drug-likeness (QED) is 0.628. The Labute approximate surface area is 133 Å². The number of aliphatic hydroxyl groups excluding tert-OH is 1. The van der Waals surface area contributed by atoms with Crippen molar-refractivity contribution in [3.05, 3.63) is 46.1 Å². The number of hydrogen-bond acceptors (Lipinski definition) is 5. The standard InChI is InChI=1S/C16H19N3O4/c1-10(2)13(7-9-20)18-16(21)12-5-6-14(19(22)23)11-4-3-8-17-15(11)12/h3-6,8,10,13,20H,7,9H2,1-2H3,(H,18,21). The molecule has 7 nitrogen and oxygen atoms in total. The molecule has 1 atom stereocenters. The fourth-order valence-electron chi connectivity index (χ4n) is 2.46. The lowest BCUT2D eigenvalue weighted by atomic mass is 10.00. The Morgan fingerprint density at radius 2 is 2.13 bits per heavy atom. The van der Waals surface area contributed by atoms with Crippen LogP contribution in [0, 0.1) is 16.0 Å². The summed E-state index contributed by atoms with van der Waals surface area (Å²) < 4.78 is 0. The molecule has 122 valence electrons. The second-order valence-electron chi connectivity index (χ2n) is 5.63. The molecule has 0 aliphatic rings. The normalized spacial score (nSPS) is 12.3. The minimum absolute atomic E-state index is 0.0254. The lowest BCUT2D eigenvalue weighted by Crippen LogP contribution is -2.39. The first-order chi connectivity index (χ1) is 11.0. The molecule has 2 aromatic rings. The lowest BCUT2D eigenvalue weighted by Gasteiger charge is -2.21. The van der Waals surface area contributed by atoms with Gasteiger partial charge in [0.15, 0.2) is 0 Å². The zero-order valence-electron chi connectivity index (χ0n) is 13.0. The first-order valence-corrected chi connectivity index (χ1v) is 7.39. The van der Waals surface area contributed by atoms with Gasteiger partial charge in [-0.3, -0.25) is 19.9 Å². The molecule has 23 heavy (non-hydrogen) atoms. The van der Waals surface area contributed by atoms with Crippen LogP contribution in [0.5, 0.6) is 0 Å². The molecule has 0 radical (unpaired) electrons. The molecule has 1 aromatic heterocycles. The zero-order chi connectivity index (χ0) is 17.0. The van der Waals surface area contributed by atoms with Crippen molar-refractivity contribution in [1.29, 1.82) is 0 Å². The van der Waals surface area contributed by atoms with E-state index in [2.05, 4.69) is 10.3 Å². The molecule has 0 aliphatic heterocycles. The van der Waals surface area contributed by atoms with Crippen LogP contribution in [0.4, 0.5) is 5.69 Å². The molecule has 1 aromatic carbocycles. The van der Waals surface area contributed by atoms with Crippen LogP contribution in [0.2, 0.25) is 0 Å². The van der Waals surface area contributed by atoms with Crippen LogP contribution in [0.1, 0.15) is 30.6 Å². The van der Waals surface area contributed by atoms with Crippen molar-refractivity contribution in [3.8, 4) is 0 Å². The average molecular weight is 317 g/mol. The molecule has 1 amide bonds. The second-order valence-corrected chi connectivity index (χ2v) is 5.63. The van der Waals surface area contributed by atoms with Gasteiger partial charge < -0.3 is 10.4 Å². The van der Waals surface area contributed by atoms with Crippen molar-refractivity contribution < 1.29 is 14.8 Å². The van der Waals surface area contributed by atoms with E-state index in [1.54, 1.807) is 12.1 Å². The van der Waals surface area contributed by atoms with E-state index in [4.69, 9.17) is 5.11 Å². The number of rotatable bonds is 6. The molecule has 0 bridgehead atoms. The summed E-state index contributed by atoms with van der Waals surface area (Å²) in [5, 5.41) is 23.4. The fraction of sp³-hybridized carbons (Fsp3) is 0.375. The van der Waals surface area contributed by atoms with Crippen LogP contribution in [0.15, 0.2) is 30.5 Å². The van der Waals surface area contributed by atoms with Crippen LogP contribution in [0.25, 0.3) is 10.9 Å². The smallest absolute Gasteiger partial charge is 0.278 e. The molecule has 0 spiro atoms. The van der Waals surface area contributed by atoms with E-state index in [1.807, 2.05) is 13.8 Å². The molecule has 7 heteroatoms. The van der Waals surface area contributed by atoms with Gasteiger partial charge in [0, 0.05) is 24.9 Å². The Kier molecular flexibility index (Phi) is 5.23. The largest absolute Gasteiger partial charge is 0.396 e. The number of carbonyl (C=O) groups is 1. The first-order valence-electron chi connectivity index (χ1n) is 7.39. The number of nitro groups is 1. The van der Waals surface area contributed by atoms with Crippen LogP contribution in [-0.2, 0) is 0 Å². The first kappa shape index (κ1) is 16.8. The SMILES string of the molecule is CC(C)C(CCO)NC(=O)c1ccc([N+](=O)[O-])c2cccnc12. The molecule has 2 N–H and O–H groups in total. The highest BCUT2D eigenvalue weighted by molar-refractivity contribution is 6.07. The highest BCUT2D eigenvalue weighted by atomic mass is 16.6. The van der Waals surface area contributed by atoms with E-state index in [1.165, 1.54) is 18.3 Å². The number of hydrogen-bond donors (Lipinski definition) is 2. The highest BCUT2D eigenvalue weighted by Crippen LogP contribution is 2.26. The third kappa shape index (κ3) is 3.62. The van der Waals surface area contributed by atoms with Gasteiger partial charge in [0.1, 0.15) is 0 Å².